The number of nitrogens with zero attached hydrogens (tertiary/aromatic N) is 3. The summed E-state index contributed by atoms with van der Waals surface area (Å²) in [6, 6.07) is 0. The van der Waals surface area contributed by atoms with E-state index in [1.54, 1.807) is 29.4 Å². The average Bonchev–Trinajstić information content (AvgIpc) is 2.92. The summed E-state index contributed by atoms with van der Waals surface area (Å²) < 4.78 is 1.99. The molecule has 0 saturated heterocycles. The van der Waals surface area contributed by atoms with E-state index in [0.29, 0.717) is 0 Å². The molecule has 1 aliphatic rings. The zero-order valence-corrected chi connectivity index (χ0v) is 13.9. The number of aliphatic hydroxyl groups excluding tert-OH is 1. The number of nitrogens with one attached hydrogen (secondary N) is 1. The molecule has 0 aromatic carbocycles. The van der Waals surface area contributed by atoms with Crippen LogP contribution in [0.2, 0.25) is 0 Å². The second kappa shape index (κ2) is 6.06. The molecule has 2 unspecified atom stereocenters. The van der Waals surface area contributed by atoms with Crippen LogP contribution in [0.5, 0.6) is 0 Å². The van der Waals surface area contributed by atoms with Crippen molar-refractivity contribution in [2.45, 2.75) is 43.1 Å². The third-order valence-corrected chi connectivity index (χ3v) is 6.32. The summed E-state index contributed by atoms with van der Waals surface area (Å²) in [5.74, 6) is 0.830. The first-order valence-electron chi connectivity index (χ1n) is 7.20. The highest BCUT2D eigenvalue weighted by molar-refractivity contribution is 8.00. The van der Waals surface area contributed by atoms with Crippen molar-refractivity contribution in [3.05, 3.63) is 6.33 Å². The van der Waals surface area contributed by atoms with Gasteiger partial charge in [0, 0.05) is 12.0 Å². The Morgan fingerprint density at radius 1 is 1.48 bits per heavy atom. The number of anilines is 1. The van der Waals surface area contributed by atoms with Gasteiger partial charge >= 0.3 is 0 Å². The third-order valence-electron chi connectivity index (χ3n) is 4.29. The van der Waals surface area contributed by atoms with Gasteiger partial charge in [-0.3, -0.25) is 0 Å². The van der Waals surface area contributed by atoms with E-state index in [0.717, 1.165) is 46.3 Å². The molecule has 114 valence electrons. The van der Waals surface area contributed by atoms with Crippen LogP contribution in [0.4, 0.5) is 5.82 Å². The first kappa shape index (κ1) is 15.0. The number of rotatable bonds is 4. The van der Waals surface area contributed by atoms with Gasteiger partial charge in [-0.2, -0.15) is 0 Å². The predicted octanol–water partition coefficient (Wildman–Crippen LogP) is 3.16. The average molecular weight is 324 g/mol. The van der Waals surface area contributed by atoms with Crippen molar-refractivity contribution >= 4 is 39.3 Å². The fraction of sp³-hybridized carbons (Fsp3) is 0.643. The lowest BCUT2D eigenvalue weighted by molar-refractivity contribution is 0.00960. The van der Waals surface area contributed by atoms with Crippen molar-refractivity contribution in [1.82, 2.24) is 15.0 Å². The molecule has 0 aliphatic heterocycles. The molecule has 0 amide bonds. The number of aliphatic hydroxyl groups is 1. The van der Waals surface area contributed by atoms with Crippen LogP contribution in [0, 0.1) is 5.41 Å². The fourth-order valence-electron chi connectivity index (χ4n) is 2.82. The SMILES string of the molecule is CSc1nc2ncnc(NCC3(C)CCCCC3O)c2s1. The molecule has 3 rings (SSSR count). The molecule has 5 nitrogen and oxygen atoms in total. The zero-order chi connectivity index (χ0) is 14.9. The van der Waals surface area contributed by atoms with E-state index in [9.17, 15) is 5.11 Å². The number of hydrogen-bond donors (Lipinski definition) is 2. The first-order valence-corrected chi connectivity index (χ1v) is 9.24. The van der Waals surface area contributed by atoms with Gasteiger partial charge in [0.15, 0.2) is 9.99 Å². The Morgan fingerprint density at radius 2 is 2.33 bits per heavy atom. The van der Waals surface area contributed by atoms with Gasteiger partial charge in [0.25, 0.3) is 0 Å². The Morgan fingerprint density at radius 3 is 3.10 bits per heavy atom. The summed E-state index contributed by atoms with van der Waals surface area (Å²) in [7, 11) is 0. The molecule has 0 radical (unpaired) electrons. The van der Waals surface area contributed by atoms with Gasteiger partial charge in [-0.15, -0.1) is 11.3 Å². The lowest BCUT2D eigenvalue weighted by atomic mass is 9.73. The summed E-state index contributed by atoms with van der Waals surface area (Å²) in [6.45, 7) is 2.88. The Labute approximate surface area is 132 Å². The minimum absolute atomic E-state index is 0.0808. The predicted molar refractivity (Wildman–Crippen MR) is 88.1 cm³/mol. The minimum Gasteiger partial charge on any atom is -0.392 e. The minimum atomic E-state index is -0.237. The van der Waals surface area contributed by atoms with Crippen LogP contribution in [0.15, 0.2) is 10.7 Å². The van der Waals surface area contributed by atoms with Gasteiger partial charge in [-0.1, -0.05) is 31.5 Å². The van der Waals surface area contributed by atoms with E-state index < -0.39 is 0 Å². The van der Waals surface area contributed by atoms with Crippen molar-refractivity contribution in [1.29, 1.82) is 0 Å². The van der Waals surface area contributed by atoms with Crippen LogP contribution in [0.25, 0.3) is 10.3 Å². The van der Waals surface area contributed by atoms with Crippen LogP contribution in [0.3, 0.4) is 0 Å². The van der Waals surface area contributed by atoms with Gasteiger partial charge < -0.3 is 10.4 Å². The standard InChI is InChI=1S/C14H20N4OS2/c1-14(6-4-3-5-9(14)19)7-15-11-10-12(17-8-16-11)18-13(20-2)21-10/h8-9,19H,3-7H2,1-2H3,(H,15,16,17). The lowest BCUT2D eigenvalue weighted by Gasteiger charge is -2.38. The fourth-order valence-corrected chi connectivity index (χ4v) is 4.30. The Bertz CT molecular complexity index is 632. The number of aromatic nitrogens is 3. The molecule has 2 atom stereocenters. The van der Waals surface area contributed by atoms with Gasteiger partial charge in [0.05, 0.1) is 6.10 Å². The highest BCUT2D eigenvalue weighted by atomic mass is 32.2. The van der Waals surface area contributed by atoms with E-state index >= 15 is 0 Å². The van der Waals surface area contributed by atoms with Gasteiger partial charge in [0.2, 0.25) is 0 Å². The van der Waals surface area contributed by atoms with E-state index in [1.807, 2.05) is 6.26 Å². The molecular weight excluding hydrogens is 304 g/mol. The smallest absolute Gasteiger partial charge is 0.176 e. The number of hydrogen-bond acceptors (Lipinski definition) is 7. The molecule has 21 heavy (non-hydrogen) atoms. The molecular formula is C14H20N4OS2. The van der Waals surface area contributed by atoms with Crippen molar-refractivity contribution in [2.24, 2.45) is 5.41 Å². The molecule has 1 aliphatic carbocycles. The van der Waals surface area contributed by atoms with Crippen molar-refractivity contribution in [3.63, 3.8) is 0 Å². The highest BCUT2D eigenvalue weighted by Crippen LogP contribution is 2.37. The monoisotopic (exact) mass is 324 g/mol. The topological polar surface area (TPSA) is 70.9 Å². The molecule has 7 heteroatoms. The summed E-state index contributed by atoms with van der Waals surface area (Å²) in [5.41, 5.74) is 0.666. The quantitative estimate of drug-likeness (QED) is 0.842. The molecule has 2 aromatic heterocycles. The highest BCUT2D eigenvalue weighted by Gasteiger charge is 2.35. The summed E-state index contributed by atoms with van der Waals surface area (Å²) in [4.78, 5) is 13.0. The Kier molecular flexibility index (Phi) is 4.33. The van der Waals surface area contributed by atoms with E-state index in [-0.39, 0.29) is 11.5 Å². The normalized spacial score (nSPS) is 26.1. The summed E-state index contributed by atoms with van der Waals surface area (Å²) >= 11 is 3.23. The maximum absolute atomic E-state index is 10.3. The molecule has 2 N–H and O–H groups in total. The van der Waals surface area contributed by atoms with Crippen LogP contribution >= 0.6 is 23.1 Å². The van der Waals surface area contributed by atoms with E-state index in [4.69, 9.17) is 0 Å². The molecule has 2 heterocycles. The van der Waals surface area contributed by atoms with Gasteiger partial charge in [-0.25, -0.2) is 15.0 Å². The molecule has 1 saturated carbocycles. The largest absolute Gasteiger partial charge is 0.392 e. The molecule has 1 fully saturated rings. The van der Waals surface area contributed by atoms with Crippen LogP contribution < -0.4 is 5.32 Å². The van der Waals surface area contributed by atoms with Crippen molar-refractivity contribution in [2.75, 3.05) is 18.1 Å². The maximum Gasteiger partial charge on any atom is 0.176 e. The van der Waals surface area contributed by atoms with E-state index in [2.05, 4.69) is 27.2 Å². The number of thioether (sulfide) groups is 1. The second-order valence-electron chi connectivity index (χ2n) is 5.83. The number of thiazole rings is 1. The lowest BCUT2D eigenvalue weighted by Crippen LogP contribution is -2.41. The van der Waals surface area contributed by atoms with Crippen LogP contribution in [-0.4, -0.2) is 39.0 Å². The van der Waals surface area contributed by atoms with E-state index in [1.165, 1.54) is 6.42 Å². The molecule has 0 spiro atoms. The van der Waals surface area contributed by atoms with Crippen molar-refractivity contribution < 1.29 is 5.11 Å². The summed E-state index contributed by atoms with van der Waals surface area (Å²) in [5, 5.41) is 13.7. The third kappa shape index (κ3) is 3.00. The Hall–Kier alpha value is -0.920. The molecule has 2 aromatic rings. The van der Waals surface area contributed by atoms with Crippen LogP contribution in [0.1, 0.15) is 32.6 Å². The summed E-state index contributed by atoms with van der Waals surface area (Å²) in [6.07, 6.45) is 7.58. The number of fused-ring (bicyclic) bond motifs is 1. The Balaban J connectivity index is 1.80. The van der Waals surface area contributed by atoms with Gasteiger partial charge in [-0.05, 0) is 19.1 Å². The molecule has 0 bridgehead atoms. The second-order valence-corrected chi connectivity index (χ2v) is 7.88. The maximum atomic E-state index is 10.3. The van der Waals surface area contributed by atoms with Gasteiger partial charge in [0.1, 0.15) is 16.8 Å². The van der Waals surface area contributed by atoms with Crippen LogP contribution in [-0.2, 0) is 0 Å². The van der Waals surface area contributed by atoms with Crippen molar-refractivity contribution in [3.8, 4) is 0 Å². The zero-order valence-electron chi connectivity index (χ0n) is 12.3. The first-order chi connectivity index (χ1) is 10.1.